The fraction of sp³-hybridized carbons (Fsp3) is 0.529. The molecule has 0 spiro atoms. The van der Waals surface area contributed by atoms with Crippen LogP contribution in [-0.2, 0) is 4.79 Å². The summed E-state index contributed by atoms with van der Waals surface area (Å²) in [5.74, 6) is 1.67. The Morgan fingerprint density at radius 1 is 1.30 bits per heavy atom. The molecule has 1 aliphatic heterocycles. The van der Waals surface area contributed by atoms with Crippen LogP contribution < -0.4 is 16.0 Å². The Morgan fingerprint density at radius 2 is 2.09 bits per heavy atom. The van der Waals surface area contributed by atoms with Crippen LogP contribution in [0.25, 0.3) is 0 Å². The van der Waals surface area contributed by atoms with Crippen molar-refractivity contribution in [1.82, 2.24) is 10.6 Å². The number of benzene rings is 1. The first-order valence-electron chi connectivity index (χ1n) is 8.12. The lowest BCUT2D eigenvalue weighted by Gasteiger charge is -2.26. The van der Waals surface area contributed by atoms with E-state index in [2.05, 4.69) is 20.9 Å². The van der Waals surface area contributed by atoms with Crippen molar-refractivity contribution >= 4 is 41.5 Å². The summed E-state index contributed by atoms with van der Waals surface area (Å²) in [6.07, 6.45) is 4.77. The quantitative estimate of drug-likeness (QED) is 0.384. The van der Waals surface area contributed by atoms with Crippen LogP contribution in [0.2, 0.25) is 0 Å². The minimum atomic E-state index is -0.0616. The third-order valence-electron chi connectivity index (χ3n) is 4.64. The molecule has 126 valence electrons. The molecule has 2 aliphatic rings. The first-order valence-corrected chi connectivity index (χ1v) is 8.12. The van der Waals surface area contributed by atoms with Crippen LogP contribution in [-0.4, -0.2) is 32.0 Å². The summed E-state index contributed by atoms with van der Waals surface area (Å²) in [6, 6.07) is 7.92. The second-order valence-corrected chi connectivity index (χ2v) is 6.09. The van der Waals surface area contributed by atoms with Crippen LogP contribution in [0.5, 0.6) is 0 Å². The molecule has 3 N–H and O–H groups in total. The maximum Gasteiger partial charge on any atom is 0.232 e. The van der Waals surface area contributed by atoms with E-state index in [1.807, 2.05) is 24.3 Å². The van der Waals surface area contributed by atoms with Gasteiger partial charge in [-0.15, -0.1) is 24.0 Å². The van der Waals surface area contributed by atoms with Gasteiger partial charge >= 0.3 is 0 Å². The molecule has 1 heterocycles. The number of anilines is 1. The van der Waals surface area contributed by atoms with E-state index in [4.69, 9.17) is 0 Å². The molecule has 1 aliphatic carbocycles. The number of halogens is 1. The van der Waals surface area contributed by atoms with E-state index in [1.165, 1.54) is 19.3 Å². The summed E-state index contributed by atoms with van der Waals surface area (Å²) in [7, 11) is 1.79. The molecular weight excluding hydrogens is 403 g/mol. The van der Waals surface area contributed by atoms with Gasteiger partial charge in [0.25, 0.3) is 0 Å². The molecule has 1 unspecified atom stereocenters. The molecule has 0 aromatic heterocycles. The standard InChI is InChI=1S/C17H24N4O.HI/c1-18-17(20-11-12-5-4-6-12)19-10-9-14-13-7-2-3-8-15(13)21-16(14)22;/h2-3,7-8,12,14H,4-6,9-11H2,1H3,(H,21,22)(H2,18,19,20);1H. The highest BCUT2D eigenvalue weighted by atomic mass is 127. The Bertz CT molecular complexity index is 571. The van der Waals surface area contributed by atoms with Crippen molar-refractivity contribution in [3.05, 3.63) is 29.8 Å². The molecule has 1 aromatic carbocycles. The Morgan fingerprint density at radius 3 is 2.78 bits per heavy atom. The molecule has 1 amide bonds. The van der Waals surface area contributed by atoms with Gasteiger partial charge in [-0.25, -0.2) is 0 Å². The number of hydrogen-bond acceptors (Lipinski definition) is 2. The number of nitrogens with zero attached hydrogens (tertiary/aromatic N) is 1. The third kappa shape index (κ3) is 4.37. The van der Waals surface area contributed by atoms with Crippen molar-refractivity contribution in [3.8, 4) is 0 Å². The molecule has 23 heavy (non-hydrogen) atoms. The van der Waals surface area contributed by atoms with Crippen molar-refractivity contribution in [2.24, 2.45) is 10.9 Å². The van der Waals surface area contributed by atoms with Crippen LogP contribution >= 0.6 is 24.0 Å². The van der Waals surface area contributed by atoms with Gasteiger partial charge in [0.05, 0.1) is 5.92 Å². The number of aliphatic imine (C=N–C) groups is 1. The summed E-state index contributed by atoms with van der Waals surface area (Å²) in [5, 5.41) is 9.62. The van der Waals surface area contributed by atoms with E-state index in [1.54, 1.807) is 7.05 Å². The zero-order chi connectivity index (χ0) is 15.4. The fourth-order valence-corrected chi connectivity index (χ4v) is 3.06. The van der Waals surface area contributed by atoms with Gasteiger partial charge in [-0.1, -0.05) is 24.6 Å². The number of nitrogens with one attached hydrogen (secondary N) is 3. The SMILES string of the molecule is CN=C(NCCC1C(=O)Nc2ccccc21)NCC1CCC1.I. The fourth-order valence-electron chi connectivity index (χ4n) is 3.06. The smallest absolute Gasteiger partial charge is 0.232 e. The van der Waals surface area contributed by atoms with Crippen molar-refractivity contribution in [3.63, 3.8) is 0 Å². The Kier molecular flexibility index (Phi) is 6.68. The van der Waals surface area contributed by atoms with E-state index in [0.29, 0.717) is 0 Å². The molecule has 6 heteroatoms. The molecular formula is C17H25IN4O. The number of carbonyl (C=O) groups is 1. The molecule has 3 rings (SSSR count). The van der Waals surface area contributed by atoms with Gasteiger partial charge in [0.2, 0.25) is 5.91 Å². The van der Waals surface area contributed by atoms with Gasteiger partial charge in [0, 0.05) is 25.8 Å². The highest BCUT2D eigenvalue weighted by Crippen LogP contribution is 2.33. The van der Waals surface area contributed by atoms with Gasteiger partial charge in [-0.05, 0) is 36.8 Å². The lowest BCUT2D eigenvalue weighted by Crippen LogP contribution is -2.41. The lowest BCUT2D eigenvalue weighted by atomic mass is 9.85. The van der Waals surface area contributed by atoms with Gasteiger partial charge in [-0.3, -0.25) is 9.79 Å². The van der Waals surface area contributed by atoms with E-state index in [0.717, 1.165) is 42.6 Å². The van der Waals surface area contributed by atoms with E-state index in [9.17, 15) is 4.79 Å². The monoisotopic (exact) mass is 428 g/mol. The average molecular weight is 428 g/mol. The summed E-state index contributed by atoms with van der Waals surface area (Å²) in [6.45, 7) is 1.73. The molecule has 0 radical (unpaired) electrons. The number of guanidine groups is 1. The van der Waals surface area contributed by atoms with Crippen molar-refractivity contribution in [2.75, 3.05) is 25.5 Å². The van der Waals surface area contributed by atoms with E-state index in [-0.39, 0.29) is 35.8 Å². The number of carbonyl (C=O) groups excluding carboxylic acids is 1. The summed E-state index contributed by atoms with van der Waals surface area (Å²) in [4.78, 5) is 16.3. The minimum Gasteiger partial charge on any atom is -0.356 e. The Hall–Kier alpha value is -1.31. The van der Waals surface area contributed by atoms with Crippen molar-refractivity contribution < 1.29 is 4.79 Å². The minimum absolute atomic E-state index is 0. The van der Waals surface area contributed by atoms with Gasteiger partial charge in [0.15, 0.2) is 5.96 Å². The van der Waals surface area contributed by atoms with Crippen LogP contribution in [0, 0.1) is 5.92 Å². The number of fused-ring (bicyclic) bond motifs is 1. The van der Waals surface area contributed by atoms with Crippen LogP contribution in [0.4, 0.5) is 5.69 Å². The highest BCUT2D eigenvalue weighted by molar-refractivity contribution is 14.0. The van der Waals surface area contributed by atoms with Gasteiger partial charge < -0.3 is 16.0 Å². The second kappa shape index (κ2) is 8.52. The zero-order valence-corrected chi connectivity index (χ0v) is 15.8. The first kappa shape index (κ1) is 18.0. The average Bonchev–Trinajstić information content (AvgIpc) is 2.80. The van der Waals surface area contributed by atoms with Crippen LogP contribution in [0.15, 0.2) is 29.3 Å². The third-order valence-corrected chi connectivity index (χ3v) is 4.64. The Balaban J connectivity index is 0.00000192. The van der Waals surface area contributed by atoms with Crippen molar-refractivity contribution in [2.45, 2.75) is 31.6 Å². The maximum atomic E-state index is 12.1. The number of rotatable bonds is 5. The van der Waals surface area contributed by atoms with E-state index >= 15 is 0 Å². The van der Waals surface area contributed by atoms with Crippen molar-refractivity contribution in [1.29, 1.82) is 0 Å². The summed E-state index contributed by atoms with van der Waals surface area (Å²) in [5.41, 5.74) is 2.05. The molecule has 1 saturated carbocycles. The number of hydrogen-bond donors (Lipinski definition) is 3. The summed E-state index contributed by atoms with van der Waals surface area (Å²) < 4.78 is 0. The molecule has 1 fully saturated rings. The van der Waals surface area contributed by atoms with Crippen LogP contribution in [0.3, 0.4) is 0 Å². The highest BCUT2D eigenvalue weighted by Gasteiger charge is 2.29. The zero-order valence-electron chi connectivity index (χ0n) is 13.5. The first-order chi connectivity index (χ1) is 10.8. The van der Waals surface area contributed by atoms with E-state index < -0.39 is 0 Å². The van der Waals surface area contributed by atoms with Crippen LogP contribution in [0.1, 0.15) is 37.2 Å². The maximum absolute atomic E-state index is 12.1. The Labute approximate surface area is 154 Å². The molecule has 5 nitrogen and oxygen atoms in total. The molecule has 1 aromatic rings. The van der Waals surface area contributed by atoms with Gasteiger partial charge in [-0.2, -0.15) is 0 Å². The molecule has 1 atom stereocenters. The largest absolute Gasteiger partial charge is 0.356 e. The summed E-state index contributed by atoms with van der Waals surface area (Å²) >= 11 is 0. The topological polar surface area (TPSA) is 65.5 Å². The second-order valence-electron chi connectivity index (χ2n) is 6.09. The predicted molar refractivity (Wildman–Crippen MR) is 105 cm³/mol. The molecule has 0 bridgehead atoms. The number of amides is 1. The lowest BCUT2D eigenvalue weighted by molar-refractivity contribution is -0.117. The van der Waals surface area contributed by atoms with Gasteiger partial charge in [0.1, 0.15) is 0 Å². The number of para-hydroxylation sites is 1. The predicted octanol–water partition coefficient (Wildman–Crippen LogP) is 2.70. The normalized spacial score (nSPS) is 20.1. The molecule has 0 saturated heterocycles.